The molecule has 0 aliphatic rings. The summed E-state index contributed by atoms with van der Waals surface area (Å²) in [6.07, 6.45) is -4.10. The van der Waals surface area contributed by atoms with Crippen LogP contribution in [0.3, 0.4) is 0 Å². The second-order valence-electron chi connectivity index (χ2n) is 4.78. The van der Waals surface area contributed by atoms with Gasteiger partial charge in [-0.3, -0.25) is 4.79 Å². The third-order valence-corrected chi connectivity index (χ3v) is 3.77. The summed E-state index contributed by atoms with van der Waals surface area (Å²) in [5.41, 5.74) is 1.08. The number of aliphatic carboxylic acids is 1. The van der Waals surface area contributed by atoms with E-state index in [1.165, 1.54) is 6.07 Å². The number of nitrogens with one attached hydrogen (secondary N) is 2. The Labute approximate surface area is 135 Å². The van der Waals surface area contributed by atoms with Gasteiger partial charge in [0.25, 0.3) is 0 Å². The molecule has 2 amide bonds. The highest BCUT2D eigenvalue weighted by Crippen LogP contribution is 2.32. The molecule has 0 aliphatic heterocycles. The Morgan fingerprint density at radius 3 is 2.61 bits per heavy atom. The maximum Gasteiger partial charge on any atom is 0.398 e. The summed E-state index contributed by atoms with van der Waals surface area (Å²) < 4.78 is 37.0. The average molecular weight is 350 g/mol. The Bertz CT molecular complexity index is 565. The van der Waals surface area contributed by atoms with Gasteiger partial charge in [-0.2, -0.15) is 13.2 Å². The summed E-state index contributed by atoms with van der Waals surface area (Å²) in [5.74, 6) is -2.01. The number of amides is 2. The molecule has 0 unspecified atom stereocenters. The molecule has 1 rings (SSSR count). The molecule has 0 spiro atoms. The van der Waals surface area contributed by atoms with Gasteiger partial charge in [0.2, 0.25) is 0 Å². The number of aryl methyl sites for hydroxylation is 1. The van der Waals surface area contributed by atoms with Gasteiger partial charge in [-0.25, -0.2) is 4.79 Å². The van der Waals surface area contributed by atoms with Crippen molar-refractivity contribution in [2.24, 2.45) is 0 Å². The van der Waals surface area contributed by atoms with Crippen LogP contribution >= 0.6 is 11.8 Å². The second kappa shape index (κ2) is 8.66. The predicted octanol–water partition coefficient (Wildman–Crippen LogP) is 3.64. The lowest BCUT2D eigenvalue weighted by atomic mass is 10.2. The van der Waals surface area contributed by atoms with Crippen molar-refractivity contribution in [3.63, 3.8) is 0 Å². The molecule has 0 fully saturated rings. The number of carboxylic acid groups (broad SMARTS) is 1. The molecule has 1 aromatic rings. The van der Waals surface area contributed by atoms with E-state index in [1.54, 1.807) is 19.1 Å². The van der Waals surface area contributed by atoms with Crippen molar-refractivity contribution in [3.8, 4) is 0 Å². The van der Waals surface area contributed by atoms with Crippen LogP contribution in [0, 0.1) is 6.92 Å². The summed E-state index contributed by atoms with van der Waals surface area (Å²) >= 11 is 0.592. The van der Waals surface area contributed by atoms with Crippen molar-refractivity contribution in [2.75, 3.05) is 17.6 Å². The van der Waals surface area contributed by atoms with Crippen LogP contribution in [0.2, 0.25) is 0 Å². The number of halogens is 3. The average Bonchev–Trinajstić information content (AvgIpc) is 2.41. The molecule has 1 aromatic carbocycles. The number of urea groups is 1. The van der Waals surface area contributed by atoms with E-state index in [0.29, 0.717) is 16.7 Å². The number of carbonyl (C=O) groups is 2. The Balaban J connectivity index is 2.61. The zero-order valence-electron chi connectivity index (χ0n) is 12.4. The summed E-state index contributed by atoms with van der Waals surface area (Å²) in [5, 5.41) is 13.4. The Morgan fingerprint density at radius 2 is 2.00 bits per heavy atom. The van der Waals surface area contributed by atoms with E-state index in [1.807, 2.05) is 0 Å². The first-order chi connectivity index (χ1) is 10.7. The van der Waals surface area contributed by atoms with Gasteiger partial charge in [-0.1, -0.05) is 6.07 Å². The first-order valence-corrected chi connectivity index (χ1v) is 7.73. The quantitative estimate of drug-likeness (QED) is 0.518. The minimum atomic E-state index is -4.30. The van der Waals surface area contributed by atoms with Crippen LogP contribution < -0.4 is 10.6 Å². The van der Waals surface area contributed by atoms with E-state index in [0.717, 1.165) is 5.56 Å². The monoisotopic (exact) mass is 350 g/mol. The number of hydrogen-bond acceptors (Lipinski definition) is 3. The molecule has 0 atom stereocenters. The fourth-order valence-electron chi connectivity index (χ4n) is 1.63. The zero-order valence-corrected chi connectivity index (χ0v) is 13.2. The van der Waals surface area contributed by atoms with Gasteiger partial charge in [0.05, 0.1) is 11.4 Å². The summed E-state index contributed by atoms with van der Waals surface area (Å²) in [6.45, 7) is 1.92. The van der Waals surface area contributed by atoms with E-state index in [4.69, 9.17) is 5.11 Å². The van der Waals surface area contributed by atoms with E-state index >= 15 is 0 Å². The van der Waals surface area contributed by atoms with Gasteiger partial charge < -0.3 is 15.7 Å². The van der Waals surface area contributed by atoms with Crippen molar-refractivity contribution in [1.29, 1.82) is 0 Å². The SMILES string of the molecule is Cc1ccc(SCC(F)(F)F)c(NC(=O)NCCCC(=O)O)c1. The molecule has 0 radical (unpaired) electrons. The lowest BCUT2D eigenvalue weighted by molar-refractivity contribution is -0.137. The van der Waals surface area contributed by atoms with Crippen molar-refractivity contribution < 1.29 is 27.9 Å². The van der Waals surface area contributed by atoms with Crippen molar-refractivity contribution in [2.45, 2.75) is 30.8 Å². The van der Waals surface area contributed by atoms with Gasteiger partial charge >= 0.3 is 18.2 Å². The molecule has 3 N–H and O–H groups in total. The first kappa shape index (κ1) is 19.1. The number of benzene rings is 1. The van der Waals surface area contributed by atoms with Crippen molar-refractivity contribution in [1.82, 2.24) is 5.32 Å². The number of alkyl halides is 3. The molecular formula is C14H17F3N2O3S. The number of carboxylic acids is 1. The van der Waals surface area contributed by atoms with Crippen LogP contribution in [0.4, 0.5) is 23.7 Å². The van der Waals surface area contributed by atoms with Crippen LogP contribution in [0.15, 0.2) is 23.1 Å². The molecule has 0 bridgehead atoms. The smallest absolute Gasteiger partial charge is 0.398 e. The van der Waals surface area contributed by atoms with Gasteiger partial charge in [-0.15, -0.1) is 11.8 Å². The largest absolute Gasteiger partial charge is 0.481 e. The fourth-order valence-corrected chi connectivity index (χ4v) is 2.38. The first-order valence-electron chi connectivity index (χ1n) is 6.74. The summed E-state index contributed by atoms with van der Waals surface area (Å²) in [4.78, 5) is 22.4. The fraction of sp³-hybridized carbons (Fsp3) is 0.429. The van der Waals surface area contributed by atoms with Crippen LogP contribution in [0.25, 0.3) is 0 Å². The predicted molar refractivity (Wildman–Crippen MR) is 81.8 cm³/mol. The van der Waals surface area contributed by atoms with Gasteiger partial charge in [0.1, 0.15) is 0 Å². The maximum atomic E-state index is 12.3. The third kappa shape index (κ3) is 8.34. The Kier molecular flexibility index (Phi) is 7.21. The molecule has 0 heterocycles. The standard InChI is InChI=1S/C14H17F3N2O3S/c1-9-4-5-11(23-8-14(15,16)17)10(7-9)19-13(22)18-6-2-3-12(20)21/h4-5,7H,2-3,6,8H2,1H3,(H,20,21)(H2,18,19,22). The van der Waals surface area contributed by atoms with E-state index < -0.39 is 23.9 Å². The molecule has 5 nitrogen and oxygen atoms in total. The lowest BCUT2D eigenvalue weighted by Gasteiger charge is -2.13. The number of hydrogen-bond donors (Lipinski definition) is 3. The Hall–Kier alpha value is -1.90. The zero-order chi connectivity index (χ0) is 17.5. The van der Waals surface area contributed by atoms with Gasteiger partial charge in [0, 0.05) is 17.9 Å². The molecule has 0 aliphatic carbocycles. The highest BCUT2D eigenvalue weighted by atomic mass is 32.2. The third-order valence-electron chi connectivity index (χ3n) is 2.63. The lowest BCUT2D eigenvalue weighted by Crippen LogP contribution is -2.30. The number of rotatable bonds is 7. The second-order valence-corrected chi connectivity index (χ2v) is 5.80. The molecule has 0 aromatic heterocycles. The molecule has 9 heteroatoms. The van der Waals surface area contributed by atoms with E-state index in [-0.39, 0.29) is 25.1 Å². The highest BCUT2D eigenvalue weighted by molar-refractivity contribution is 7.99. The van der Waals surface area contributed by atoms with Gasteiger partial charge in [-0.05, 0) is 31.0 Å². The number of thioether (sulfide) groups is 1. The summed E-state index contributed by atoms with van der Waals surface area (Å²) in [7, 11) is 0. The van der Waals surface area contributed by atoms with Gasteiger partial charge in [0.15, 0.2) is 0 Å². The molecule has 0 saturated heterocycles. The van der Waals surface area contributed by atoms with Crippen LogP contribution in [0.1, 0.15) is 18.4 Å². The topological polar surface area (TPSA) is 78.4 Å². The van der Waals surface area contributed by atoms with E-state index in [9.17, 15) is 22.8 Å². The normalized spacial score (nSPS) is 11.1. The number of anilines is 1. The highest BCUT2D eigenvalue weighted by Gasteiger charge is 2.27. The minimum Gasteiger partial charge on any atom is -0.481 e. The minimum absolute atomic E-state index is 0.0720. The molecule has 0 saturated carbocycles. The molecule has 23 heavy (non-hydrogen) atoms. The van der Waals surface area contributed by atoms with Crippen molar-refractivity contribution >= 4 is 29.4 Å². The molecular weight excluding hydrogens is 333 g/mol. The summed E-state index contributed by atoms with van der Waals surface area (Å²) in [6, 6.07) is 4.17. The molecule has 128 valence electrons. The van der Waals surface area contributed by atoms with Crippen LogP contribution in [0.5, 0.6) is 0 Å². The Morgan fingerprint density at radius 1 is 1.30 bits per heavy atom. The van der Waals surface area contributed by atoms with Crippen molar-refractivity contribution in [3.05, 3.63) is 23.8 Å². The number of carbonyl (C=O) groups excluding carboxylic acids is 1. The van der Waals surface area contributed by atoms with Crippen LogP contribution in [-0.2, 0) is 4.79 Å². The van der Waals surface area contributed by atoms with Crippen LogP contribution in [-0.4, -0.2) is 35.6 Å². The van der Waals surface area contributed by atoms with E-state index in [2.05, 4.69) is 10.6 Å². The maximum absolute atomic E-state index is 12.3.